The topological polar surface area (TPSA) is 76.1 Å². The van der Waals surface area contributed by atoms with E-state index >= 15 is 0 Å². The third-order valence-electron chi connectivity index (χ3n) is 5.25. The number of rotatable bonds is 3. The van der Waals surface area contributed by atoms with Crippen LogP contribution in [-0.4, -0.2) is 47.0 Å². The highest BCUT2D eigenvalue weighted by molar-refractivity contribution is 5.94. The molecule has 2 aliphatic rings. The van der Waals surface area contributed by atoms with E-state index in [0.29, 0.717) is 35.5 Å². The monoisotopic (exact) mass is 359 g/mol. The number of hydrogen-bond donors (Lipinski definition) is 1. The van der Waals surface area contributed by atoms with Crippen molar-refractivity contribution in [2.45, 2.75) is 50.9 Å². The fourth-order valence-electron chi connectivity index (χ4n) is 3.23. The fraction of sp³-hybridized carbons (Fsp3) is 0.500. The van der Waals surface area contributed by atoms with Crippen molar-refractivity contribution < 1.29 is 24.2 Å². The Morgan fingerprint density at radius 1 is 1.27 bits per heavy atom. The molecule has 26 heavy (non-hydrogen) atoms. The van der Waals surface area contributed by atoms with Crippen LogP contribution in [-0.2, 0) is 9.53 Å². The quantitative estimate of drug-likeness (QED) is 0.898. The third kappa shape index (κ3) is 2.98. The molecular weight excluding hydrogens is 334 g/mol. The number of allylic oxidation sites excluding steroid dienone is 2. The minimum atomic E-state index is -1.37. The first-order valence-corrected chi connectivity index (χ1v) is 8.70. The number of fused-ring (bicyclic) bond motifs is 1. The molecule has 1 heterocycles. The summed E-state index contributed by atoms with van der Waals surface area (Å²) in [5, 5.41) is 11.2. The maximum absolute atomic E-state index is 12.3. The van der Waals surface area contributed by atoms with E-state index in [1.807, 2.05) is 0 Å². The largest absolute Gasteiger partial charge is 0.487 e. The summed E-state index contributed by atoms with van der Waals surface area (Å²) in [4.78, 5) is 25.4. The maximum atomic E-state index is 12.3. The van der Waals surface area contributed by atoms with Crippen LogP contribution in [0.4, 0.5) is 0 Å². The second-order valence-corrected chi connectivity index (χ2v) is 7.79. The number of ketones is 1. The molecule has 1 amide bonds. The number of carbonyl (C=O) groups is 2. The Kier molecular flexibility index (Phi) is 4.35. The first-order chi connectivity index (χ1) is 12.0. The normalized spacial score (nSPS) is 26.6. The zero-order chi connectivity index (χ0) is 19.3. The number of carbonyl (C=O) groups excluding carboxylic acids is 2. The van der Waals surface area contributed by atoms with Crippen molar-refractivity contribution in [3.63, 3.8) is 0 Å². The lowest BCUT2D eigenvalue weighted by molar-refractivity contribution is -0.188. The van der Waals surface area contributed by atoms with Gasteiger partial charge in [0.15, 0.2) is 11.9 Å². The number of nitrogens with zero attached hydrogens (tertiary/aromatic N) is 1. The Morgan fingerprint density at radius 3 is 2.54 bits per heavy atom. The summed E-state index contributed by atoms with van der Waals surface area (Å²) in [6.07, 6.45) is 1.65. The highest BCUT2D eigenvalue weighted by Gasteiger charge is 2.54. The summed E-state index contributed by atoms with van der Waals surface area (Å²) in [7, 11) is 3.36. The number of hydrogen-bond acceptors (Lipinski definition) is 5. The van der Waals surface area contributed by atoms with Gasteiger partial charge in [-0.05, 0) is 39.0 Å². The standard InChI is InChI=1S/C20H25NO5/c1-19(2)20(3,24)17(25-14-8-7-13(22)11-14)15-10-12(18(23)21(4)5)6-9-16(15)26-19/h6,9-11,17,24H,7-8H2,1-5H3. The summed E-state index contributed by atoms with van der Waals surface area (Å²) in [5.74, 6) is 0.981. The van der Waals surface area contributed by atoms with Crippen molar-refractivity contribution in [3.8, 4) is 5.75 Å². The number of amides is 1. The van der Waals surface area contributed by atoms with Gasteiger partial charge < -0.3 is 19.5 Å². The summed E-state index contributed by atoms with van der Waals surface area (Å²) in [5.41, 5.74) is -1.20. The van der Waals surface area contributed by atoms with Crippen molar-refractivity contribution in [1.29, 1.82) is 0 Å². The van der Waals surface area contributed by atoms with Gasteiger partial charge in [0.05, 0.1) is 0 Å². The van der Waals surface area contributed by atoms with Crippen LogP contribution in [0.25, 0.3) is 0 Å². The van der Waals surface area contributed by atoms with Gasteiger partial charge in [-0.3, -0.25) is 9.59 Å². The Morgan fingerprint density at radius 2 is 1.96 bits per heavy atom. The predicted molar refractivity (Wildman–Crippen MR) is 95.9 cm³/mol. The molecule has 1 aliphatic heterocycles. The number of benzene rings is 1. The van der Waals surface area contributed by atoms with Crippen molar-refractivity contribution >= 4 is 11.7 Å². The summed E-state index contributed by atoms with van der Waals surface area (Å²) in [6, 6.07) is 5.13. The third-order valence-corrected chi connectivity index (χ3v) is 5.25. The van der Waals surface area contributed by atoms with E-state index in [9.17, 15) is 14.7 Å². The van der Waals surface area contributed by atoms with Gasteiger partial charge in [0, 0.05) is 44.1 Å². The zero-order valence-corrected chi connectivity index (χ0v) is 15.8. The van der Waals surface area contributed by atoms with Crippen LogP contribution < -0.4 is 4.74 Å². The van der Waals surface area contributed by atoms with Gasteiger partial charge in [0.1, 0.15) is 22.7 Å². The van der Waals surface area contributed by atoms with Crippen molar-refractivity contribution in [2.24, 2.45) is 0 Å². The summed E-state index contributed by atoms with van der Waals surface area (Å²) < 4.78 is 12.1. The van der Waals surface area contributed by atoms with E-state index in [-0.39, 0.29) is 11.7 Å². The van der Waals surface area contributed by atoms with Crippen LogP contribution in [0.1, 0.15) is 55.6 Å². The molecule has 1 N–H and O–H groups in total. The van der Waals surface area contributed by atoms with Gasteiger partial charge in [0.25, 0.3) is 5.91 Å². The van der Waals surface area contributed by atoms with Gasteiger partial charge in [-0.2, -0.15) is 0 Å². The molecule has 0 fully saturated rings. The Hall–Kier alpha value is -2.34. The zero-order valence-electron chi connectivity index (χ0n) is 15.8. The lowest BCUT2D eigenvalue weighted by Gasteiger charge is -2.49. The van der Waals surface area contributed by atoms with Gasteiger partial charge >= 0.3 is 0 Å². The second kappa shape index (κ2) is 6.13. The van der Waals surface area contributed by atoms with Gasteiger partial charge in [-0.1, -0.05) is 0 Å². The molecule has 0 aromatic heterocycles. The molecule has 6 heteroatoms. The average molecular weight is 359 g/mol. The Labute approximate surface area is 153 Å². The minimum absolute atomic E-state index is 0.0164. The van der Waals surface area contributed by atoms with Crippen molar-refractivity contribution in [1.82, 2.24) is 4.90 Å². The first-order valence-electron chi connectivity index (χ1n) is 8.70. The van der Waals surface area contributed by atoms with Crippen LogP contribution in [0.15, 0.2) is 30.0 Å². The molecule has 0 saturated carbocycles. The van der Waals surface area contributed by atoms with Crippen LogP contribution in [0.2, 0.25) is 0 Å². The predicted octanol–water partition coefficient (Wildman–Crippen LogP) is 2.61. The molecule has 1 aliphatic carbocycles. The van der Waals surface area contributed by atoms with E-state index in [4.69, 9.17) is 9.47 Å². The van der Waals surface area contributed by atoms with Crippen LogP contribution in [0.3, 0.4) is 0 Å². The van der Waals surface area contributed by atoms with E-state index in [1.165, 1.54) is 11.0 Å². The molecule has 3 rings (SSSR count). The van der Waals surface area contributed by atoms with E-state index in [0.717, 1.165) is 0 Å². The van der Waals surface area contributed by atoms with E-state index in [2.05, 4.69) is 0 Å². The number of aliphatic hydroxyl groups is 1. The molecule has 1 aromatic rings. The van der Waals surface area contributed by atoms with Gasteiger partial charge in [0.2, 0.25) is 0 Å². The molecule has 6 nitrogen and oxygen atoms in total. The average Bonchev–Trinajstić information content (AvgIpc) is 2.96. The SMILES string of the molecule is CN(C)C(=O)c1ccc2c(c1)C(OC1=CC(=O)CC1)C(C)(O)C(C)(C)O2. The molecular formula is C20H25NO5. The second-order valence-electron chi connectivity index (χ2n) is 7.79. The van der Waals surface area contributed by atoms with Gasteiger partial charge in [-0.25, -0.2) is 0 Å². The number of ether oxygens (including phenoxy) is 2. The highest BCUT2D eigenvalue weighted by Crippen LogP contribution is 2.49. The van der Waals surface area contributed by atoms with Crippen LogP contribution in [0.5, 0.6) is 5.75 Å². The van der Waals surface area contributed by atoms with E-state index < -0.39 is 17.3 Å². The molecule has 0 bridgehead atoms. The highest BCUT2D eigenvalue weighted by atomic mass is 16.6. The van der Waals surface area contributed by atoms with Crippen molar-refractivity contribution in [3.05, 3.63) is 41.2 Å². The van der Waals surface area contributed by atoms with Gasteiger partial charge in [-0.15, -0.1) is 0 Å². The molecule has 0 spiro atoms. The van der Waals surface area contributed by atoms with Crippen LogP contribution >= 0.6 is 0 Å². The molecule has 2 unspecified atom stereocenters. The smallest absolute Gasteiger partial charge is 0.253 e. The van der Waals surface area contributed by atoms with E-state index in [1.54, 1.807) is 53.1 Å². The summed E-state index contributed by atoms with van der Waals surface area (Å²) in [6.45, 7) is 5.23. The maximum Gasteiger partial charge on any atom is 0.253 e. The lowest BCUT2D eigenvalue weighted by Crippen LogP contribution is -2.58. The molecule has 2 atom stereocenters. The Balaban J connectivity index is 2.08. The van der Waals surface area contributed by atoms with Crippen LogP contribution in [0, 0.1) is 0 Å². The van der Waals surface area contributed by atoms with Crippen molar-refractivity contribution in [2.75, 3.05) is 14.1 Å². The first kappa shape index (κ1) is 18.5. The Bertz CT molecular complexity index is 791. The fourth-order valence-corrected chi connectivity index (χ4v) is 3.23. The molecule has 1 aromatic carbocycles. The molecule has 0 saturated heterocycles. The summed E-state index contributed by atoms with van der Waals surface area (Å²) >= 11 is 0. The lowest BCUT2D eigenvalue weighted by atomic mass is 9.76. The minimum Gasteiger partial charge on any atom is -0.487 e. The molecule has 140 valence electrons. The molecule has 0 radical (unpaired) electrons.